The molecule has 0 aliphatic carbocycles. The molecule has 3 aromatic rings. The molecule has 5 nitrogen and oxygen atoms in total. The van der Waals surface area contributed by atoms with Crippen LogP contribution in [0.1, 0.15) is 17.0 Å². The van der Waals surface area contributed by atoms with Crippen molar-refractivity contribution in [1.29, 1.82) is 0 Å². The Labute approximate surface area is 128 Å². The van der Waals surface area contributed by atoms with Crippen LogP contribution in [0.15, 0.2) is 47.0 Å². The van der Waals surface area contributed by atoms with Gasteiger partial charge in [-0.05, 0) is 36.2 Å². The van der Waals surface area contributed by atoms with Gasteiger partial charge in [-0.2, -0.15) is 0 Å². The van der Waals surface area contributed by atoms with E-state index in [0.29, 0.717) is 23.7 Å². The summed E-state index contributed by atoms with van der Waals surface area (Å²) in [5.41, 5.74) is 2.34. The average Bonchev–Trinajstić information content (AvgIpc) is 2.84. The number of aromatic nitrogens is 1. The molecule has 2 N–H and O–H groups in total. The van der Waals surface area contributed by atoms with E-state index in [2.05, 4.69) is 40.1 Å². The van der Waals surface area contributed by atoms with Crippen molar-refractivity contribution in [2.24, 2.45) is 0 Å². The summed E-state index contributed by atoms with van der Waals surface area (Å²) in [7, 11) is 0. The van der Waals surface area contributed by atoms with Gasteiger partial charge in [0.25, 0.3) is 0 Å². The summed E-state index contributed by atoms with van der Waals surface area (Å²) in [5.74, 6) is 0.596. The molecule has 0 atom stereocenters. The first-order valence-electron chi connectivity index (χ1n) is 7.09. The maximum absolute atomic E-state index is 12.0. The molecule has 2 aromatic carbocycles. The van der Waals surface area contributed by atoms with Gasteiger partial charge in [-0.25, -0.2) is 4.79 Å². The van der Waals surface area contributed by atoms with Crippen molar-refractivity contribution in [2.45, 2.75) is 20.4 Å². The SMILES string of the molecule is Cc1noc(C)c1NC(=O)NCc1ccc2ccccc2c1. The predicted octanol–water partition coefficient (Wildman–Crippen LogP) is 3.77. The maximum atomic E-state index is 12.0. The van der Waals surface area contributed by atoms with Crippen molar-refractivity contribution < 1.29 is 9.32 Å². The van der Waals surface area contributed by atoms with Crippen molar-refractivity contribution in [3.8, 4) is 0 Å². The molecule has 0 aliphatic heterocycles. The molecule has 0 radical (unpaired) electrons. The number of rotatable bonds is 3. The van der Waals surface area contributed by atoms with Gasteiger partial charge in [0.1, 0.15) is 11.4 Å². The molecule has 0 saturated carbocycles. The molecule has 112 valence electrons. The molecular weight excluding hydrogens is 278 g/mol. The van der Waals surface area contributed by atoms with Crippen LogP contribution in [0.2, 0.25) is 0 Å². The highest BCUT2D eigenvalue weighted by Crippen LogP contribution is 2.18. The summed E-state index contributed by atoms with van der Waals surface area (Å²) in [4.78, 5) is 12.0. The molecule has 1 heterocycles. The number of urea groups is 1. The molecule has 3 rings (SSSR count). The molecule has 0 saturated heterocycles. The van der Waals surface area contributed by atoms with Crippen molar-refractivity contribution in [3.05, 3.63) is 59.5 Å². The molecule has 22 heavy (non-hydrogen) atoms. The lowest BCUT2D eigenvalue weighted by Gasteiger charge is -2.08. The molecule has 2 amide bonds. The minimum absolute atomic E-state index is 0.275. The van der Waals surface area contributed by atoms with E-state index in [1.54, 1.807) is 13.8 Å². The van der Waals surface area contributed by atoms with Crippen LogP contribution in [0.3, 0.4) is 0 Å². The number of carbonyl (C=O) groups excluding carboxylic acids is 1. The number of fused-ring (bicyclic) bond motifs is 1. The van der Waals surface area contributed by atoms with Gasteiger partial charge >= 0.3 is 6.03 Å². The minimum Gasteiger partial charge on any atom is -0.359 e. The lowest BCUT2D eigenvalue weighted by molar-refractivity contribution is 0.251. The van der Waals surface area contributed by atoms with E-state index in [-0.39, 0.29) is 6.03 Å². The Morgan fingerprint density at radius 1 is 1.14 bits per heavy atom. The third kappa shape index (κ3) is 2.93. The lowest BCUT2D eigenvalue weighted by Crippen LogP contribution is -2.28. The molecule has 0 unspecified atom stereocenters. The van der Waals surface area contributed by atoms with Crippen LogP contribution in [-0.4, -0.2) is 11.2 Å². The van der Waals surface area contributed by atoms with Crippen molar-refractivity contribution >= 4 is 22.5 Å². The lowest BCUT2D eigenvalue weighted by atomic mass is 10.1. The largest absolute Gasteiger partial charge is 0.359 e. The van der Waals surface area contributed by atoms with E-state index in [9.17, 15) is 4.79 Å². The van der Waals surface area contributed by atoms with Crippen LogP contribution < -0.4 is 10.6 Å². The van der Waals surface area contributed by atoms with Gasteiger partial charge in [0.05, 0.1) is 0 Å². The summed E-state index contributed by atoms with van der Waals surface area (Å²) in [6.45, 7) is 4.01. The van der Waals surface area contributed by atoms with Gasteiger partial charge in [0, 0.05) is 6.54 Å². The van der Waals surface area contributed by atoms with Crippen LogP contribution in [0.25, 0.3) is 10.8 Å². The number of aryl methyl sites for hydroxylation is 2. The van der Waals surface area contributed by atoms with Crippen LogP contribution in [0.4, 0.5) is 10.5 Å². The zero-order valence-electron chi connectivity index (χ0n) is 12.5. The second-order valence-corrected chi connectivity index (χ2v) is 5.19. The predicted molar refractivity (Wildman–Crippen MR) is 85.8 cm³/mol. The first-order valence-corrected chi connectivity index (χ1v) is 7.09. The molecule has 0 aliphatic rings. The normalized spacial score (nSPS) is 10.6. The van der Waals surface area contributed by atoms with E-state index in [4.69, 9.17) is 4.52 Å². The second-order valence-electron chi connectivity index (χ2n) is 5.19. The number of nitrogens with zero attached hydrogens (tertiary/aromatic N) is 1. The van der Waals surface area contributed by atoms with E-state index < -0.39 is 0 Å². The number of amides is 2. The Morgan fingerprint density at radius 3 is 2.64 bits per heavy atom. The van der Waals surface area contributed by atoms with Crippen LogP contribution in [0.5, 0.6) is 0 Å². The molecule has 0 fully saturated rings. The van der Waals surface area contributed by atoms with Crippen LogP contribution in [-0.2, 0) is 6.54 Å². The van der Waals surface area contributed by atoms with Gasteiger partial charge in [-0.1, -0.05) is 41.6 Å². The number of anilines is 1. The zero-order chi connectivity index (χ0) is 15.5. The fraction of sp³-hybridized carbons (Fsp3) is 0.176. The second kappa shape index (κ2) is 5.89. The Bertz CT molecular complexity index is 804. The summed E-state index contributed by atoms with van der Waals surface area (Å²) < 4.78 is 5.01. The van der Waals surface area contributed by atoms with Gasteiger partial charge in [-0.3, -0.25) is 0 Å². The summed E-state index contributed by atoms with van der Waals surface area (Å²) in [5, 5.41) is 11.7. The molecule has 1 aromatic heterocycles. The summed E-state index contributed by atoms with van der Waals surface area (Å²) in [6.07, 6.45) is 0. The highest BCUT2D eigenvalue weighted by atomic mass is 16.5. The van der Waals surface area contributed by atoms with Crippen molar-refractivity contribution in [1.82, 2.24) is 10.5 Å². The Hall–Kier alpha value is -2.82. The van der Waals surface area contributed by atoms with Crippen molar-refractivity contribution in [2.75, 3.05) is 5.32 Å². The smallest absolute Gasteiger partial charge is 0.319 e. The maximum Gasteiger partial charge on any atom is 0.319 e. The number of hydrogen-bond acceptors (Lipinski definition) is 3. The Balaban J connectivity index is 1.65. The van der Waals surface area contributed by atoms with E-state index in [1.807, 2.05) is 18.2 Å². The van der Waals surface area contributed by atoms with Gasteiger partial charge < -0.3 is 15.2 Å². The molecule has 0 spiro atoms. The highest BCUT2D eigenvalue weighted by molar-refractivity contribution is 5.90. The van der Waals surface area contributed by atoms with E-state index in [1.165, 1.54) is 5.39 Å². The molecule has 5 heteroatoms. The fourth-order valence-corrected chi connectivity index (χ4v) is 2.35. The van der Waals surface area contributed by atoms with Gasteiger partial charge in [0.15, 0.2) is 5.76 Å². The number of hydrogen-bond donors (Lipinski definition) is 2. The first-order chi connectivity index (χ1) is 10.6. The van der Waals surface area contributed by atoms with Gasteiger partial charge in [0.2, 0.25) is 0 Å². The quantitative estimate of drug-likeness (QED) is 0.773. The fourth-order valence-electron chi connectivity index (χ4n) is 2.35. The number of nitrogens with one attached hydrogen (secondary N) is 2. The zero-order valence-corrected chi connectivity index (χ0v) is 12.5. The Morgan fingerprint density at radius 2 is 1.91 bits per heavy atom. The monoisotopic (exact) mass is 295 g/mol. The average molecular weight is 295 g/mol. The van der Waals surface area contributed by atoms with Crippen LogP contribution >= 0.6 is 0 Å². The van der Waals surface area contributed by atoms with Crippen molar-refractivity contribution in [3.63, 3.8) is 0 Å². The number of benzene rings is 2. The third-order valence-corrected chi connectivity index (χ3v) is 3.54. The van der Waals surface area contributed by atoms with Gasteiger partial charge in [-0.15, -0.1) is 0 Å². The Kier molecular flexibility index (Phi) is 3.78. The first kappa shape index (κ1) is 14.1. The standard InChI is InChI=1S/C17H17N3O2/c1-11-16(12(2)22-20-11)19-17(21)18-10-13-7-8-14-5-3-4-6-15(14)9-13/h3-9H,10H2,1-2H3,(H2,18,19,21). The number of carbonyl (C=O) groups is 1. The van der Waals surface area contributed by atoms with E-state index in [0.717, 1.165) is 10.9 Å². The third-order valence-electron chi connectivity index (χ3n) is 3.54. The van der Waals surface area contributed by atoms with Crippen LogP contribution in [0, 0.1) is 13.8 Å². The van der Waals surface area contributed by atoms with E-state index >= 15 is 0 Å². The summed E-state index contributed by atoms with van der Waals surface area (Å²) >= 11 is 0. The topological polar surface area (TPSA) is 67.2 Å². The minimum atomic E-state index is -0.275. The molecular formula is C17H17N3O2. The summed E-state index contributed by atoms with van der Waals surface area (Å²) in [6, 6.07) is 14.0. The highest BCUT2D eigenvalue weighted by Gasteiger charge is 2.11. The molecule has 0 bridgehead atoms.